The van der Waals surface area contributed by atoms with Gasteiger partial charge in [0, 0.05) is 17.5 Å². The predicted molar refractivity (Wildman–Crippen MR) is 141 cm³/mol. The second kappa shape index (κ2) is 11.7. The molecule has 0 saturated carbocycles. The number of hydrogen-bond acceptors (Lipinski definition) is 4. The highest BCUT2D eigenvalue weighted by molar-refractivity contribution is 6.20. The van der Waals surface area contributed by atoms with Crippen LogP contribution in [0.25, 0.3) is 0 Å². The molecular formula is C29H26F4N4O3. The number of nitrogens with two attached hydrogens (primary N) is 1. The zero-order chi connectivity index (χ0) is 29.0. The van der Waals surface area contributed by atoms with E-state index in [0.29, 0.717) is 22.4 Å². The minimum atomic E-state index is -4.61. The number of benzodiazepines with no additional fused rings is 1. The number of carbonyl (C=O) groups excluding carboxylic acids is 3. The van der Waals surface area contributed by atoms with Gasteiger partial charge in [0.25, 0.3) is 5.91 Å². The van der Waals surface area contributed by atoms with Gasteiger partial charge in [-0.15, -0.1) is 0 Å². The summed E-state index contributed by atoms with van der Waals surface area (Å²) in [4.78, 5) is 43.7. The molecule has 3 aromatic carbocycles. The standard InChI is InChI=1S/C29H26F4N4O3/c1-16-6-5-9-21-23(16)36-28(40)26(35-24(21)18-10-12-19(30)13-11-18)37-27(39)20(14-15-29(31,32)33)22(25(34)38)17-7-3-2-4-8-17/h2-13,20,22,26H,14-15H2,1H3,(H2,34,38)(H,36,40)(H,37,39)/t20-,22+,26?/m1/s1. The number of rotatable bonds is 8. The SMILES string of the molecule is Cc1cccc2c1NC(=O)C(NC(=O)[C@H](CCC(F)(F)F)[C@@H](C(N)=O)c1ccccc1)N=C2c1ccc(F)cc1. The van der Waals surface area contributed by atoms with Gasteiger partial charge in [0.05, 0.1) is 23.2 Å². The first-order valence-electron chi connectivity index (χ1n) is 12.4. The van der Waals surface area contributed by atoms with E-state index < -0.39 is 60.6 Å². The number of benzene rings is 3. The molecule has 0 radical (unpaired) electrons. The Morgan fingerprint density at radius 2 is 1.70 bits per heavy atom. The Hall–Kier alpha value is -4.54. The number of alkyl halides is 3. The second-order valence-corrected chi connectivity index (χ2v) is 9.43. The number of fused-ring (bicyclic) bond motifs is 1. The van der Waals surface area contributed by atoms with Crippen LogP contribution in [-0.4, -0.2) is 35.8 Å². The molecular weight excluding hydrogens is 528 g/mol. The molecule has 0 saturated heterocycles. The molecule has 1 aliphatic heterocycles. The number of primary amides is 1. The topological polar surface area (TPSA) is 114 Å². The maximum Gasteiger partial charge on any atom is 0.389 e. The zero-order valence-electron chi connectivity index (χ0n) is 21.3. The highest BCUT2D eigenvalue weighted by atomic mass is 19.4. The molecule has 0 spiro atoms. The summed E-state index contributed by atoms with van der Waals surface area (Å²) < 4.78 is 53.3. The predicted octanol–water partition coefficient (Wildman–Crippen LogP) is 4.59. The molecule has 208 valence electrons. The number of carbonyl (C=O) groups is 3. The first-order chi connectivity index (χ1) is 18.9. The lowest BCUT2D eigenvalue weighted by atomic mass is 9.81. The van der Waals surface area contributed by atoms with Gasteiger partial charge in [-0.2, -0.15) is 13.2 Å². The number of aryl methyl sites for hydroxylation is 1. The molecule has 7 nitrogen and oxygen atoms in total. The van der Waals surface area contributed by atoms with Gasteiger partial charge >= 0.3 is 6.18 Å². The van der Waals surface area contributed by atoms with Crippen molar-refractivity contribution in [3.63, 3.8) is 0 Å². The van der Waals surface area contributed by atoms with E-state index in [2.05, 4.69) is 15.6 Å². The Kier molecular flexibility index (Phi) is 8.32. The highest BCUT2D eigenvalue weighted by Gasteiger charge is 2.39. The van der Waals surface area contributed by atoms with E-state index >= 15 is 0 Å². The molecule has 0 bridgehead atoms. The first kappa shape index (κ1) is 28.5. The summed E-state index contributed by atoms with van der Waals surface area (Å²) in [6.07, 6.45) is -8.28. The fourth-order valence-electron chi connectivity index (χ4n) is 4.68. The van der Waals surface area contributed by atoms with E-state index in [-0.39, 0.29) is 11.3 Å². The molecule has 40 heavy (non-hydrogen) atoms. The van der Waals surface area contributed by atoms with Gasteiger partial charge in [-0.3, -0.25) is 14.4 Å². The summed E-state index contributed by atoms with van der Waals surface area (Å²) in [6, 6.07) is 18.3. The van der Waals surface area contributed by atoms with Crippen molar-refractivity contribution in [2.24, 2.45) is 16.6 Å². The minimum absolute atomic E-state index is 0.253. The molecule has 1 unspecified atom stereocenters. The van der Waals surface area contributed by atoms with Crippen molar-refractivity contribution >= 4 is 29.1 Å². The van der Waals surface area contributed by atoms with Crippen LogP contribution in [-0.2, 0) is 14.4 Å². The van der Waals surface area contributed by atoms with Crippen LogP contribution in [0.4, 0.5) is 23.2 Å². The van der Waals surface area contributed by atoms with Crippen molar-refractivity contribution in [1.82, 2.24) is 5.32 Å². The third kappa shape index (κ3) is 6.53. The average molecular weight is 555 g/mol. The monoisotopic (exact) mass is 554 g/mol. The Bertz CT molecular complexity index is 1440. The number of amides is 3. The van der Waals surface area contributed by atoms with Crippen LogP contribution < -0.4 is 16.4 Å². The van der Waals surface area contributed by atoms with Crippen molar-refractivity contribution in [3.05, 3.63) is 101 Å². The quantitative estimate of drug-likeness (QED) is 0.354. The largest absolute Gasteiger partial charge is 0.389 e. The smallest absolute Gasteiger partial charge is 0.369 e. The lowest BCUT2D eigenvalue weighted by molar-refractivity contribution is -0.144. The lowest BCUT2D eigenvalue weighted by Gasteiger charge is -2.26. The summed E-state index contributed by atoms with van der Waals surface area (Å²) >= 11 is 0. The molecule has 1 heterocycles. The minimum Gasteiger partial charge on any atom is -0.369 e. The average Bonchev–Trinajstić information content (AvgIpc) is 3.04. The zero-order valence-corrected chi connectivity index (χ0v) is 21.3. The summed E-state index contributed by atoms with van der Waals surface area (Å²) in [5.74, 6) is -6.17. The van der Waals surface area contributed by atoms with Gasteiger partial charge in [-0.05, 0) is 48.7 Å². The summed E-state index contributed by atoms with van der Waals surface area (Å²) in [6.45, 7) is 1.75. The Labute approximate surface area is 227 Å². The third-order valence-electron chi connectivity index (χ3n) is 6.62. The fraction of sp³-hybridized carbons (Fsp3) is 0.241. The second-order valence-electron chi connectivity index (χ2n) is 9.43. The normalized spacial score (nSPS) is 16.6. The Balaban J connectivity index is 1.74. The molecule has 0 fully saturated rings. The van der Waals surface area contributed by atoms with E-state index in [0.717, 1.165) is 0 Å². The highest BCUT2D eigenvalue weighted by Crippen LogP contribution is 2.33. The van der Waals surface area contributed by atoms with Gasteiger partial charge in [0.1, 0.15) is 5.82 Å². The third-order valence-corrected chi connectivity index (χ3v) is 6.62. The number of nitrogens with one attached hydrogen (secondary N) is 2. The molecule has 1 aliphatic rings. The van der Waals surface area contributed by atoms with Crippen molar-refractivity contribution in [1.29, 1.82) is 0 Å². The van der Waals surface area contributed by atoms with Crippen LogP contribution in [0.15, 0.2) is 77.8 Å². The van der Waals surface area contributed by atoms with Gasteiger partial charge in [0.15, 0.2) is 0 Å². The van der Waals surface area contributed by atoms with Gasteiger partial charge in [-0.25, -0.2) is 9.38 Å². The number of halogens is 4. The summed E-state index contributed by atoms with van der Waals surface area (Å²) in [5.41, 5.74) is 8.15. The maximum atomic E-state index is 13.6. The number of anilines is 1. The molecule has 3 atom stereocenters. The number of para-hydroxylation sites is 1. The van der Waals surface area contributed by atoms with Crippen LogP contribution in [0, 0.1) is 18.7 Å². The first-order valence-corrected chi connectivity index (χ1v) is 12.4. The number of nitrogens with zero attached hydrogens (tertiary/aromatic N) is 1. The lowest BCUT2D eigenvalue weighted by Crippen LogP contribution is -2.47. The molecule has 4 N–H and O–H groups in total. The van der Waals surface area contributed by atoms with Crippen molar-refractivity contribution in [2.45, 2.75) is 38.0 Å². The van der Waals surface area contributed by atoms with Crippen LogP contribution in [0.2, 0.25) is 0 Å². The summed E-state index contributed by atoms with van der Waals surface area (Å²) in [5, 5.41) is 5.15. The molecule has 3 amide bonds. The Morgan fingerprint density at radius 3 is 2.33 bits per heavy atom. The van der Waals surface area contributed by atoms with Crippen molar-refractivity contribution < 1.29 is 31.9 Å². The molecule has 3 aromatic rings. The van der Waals surface area contributed by atoms with Crippen molar-refractivity contribution in [2.75, 3.05) is 5.32 Å². The number of aliphatic imine (C=N–C) groups is 1. The molecule has 0 aliphatic carbocycles. The Morgan fingerprint density at radius 1 is 1.02 bits per heavy atom. The summed E-state index contributed by atoms with van der Waals surface area (Å²) in [7, 11) is 0. The molecule has 0 aromatic heterocycles. The molecule has 4 rings (SSSR count). The van der Waals surface area contributed by atoms with Crippen LogP contribution in [0.3, 0.4) is 0 Å². The van der Waals surface area contributed by atoms with Crippen LogP contribution in [0.1, 0.15) is 41.0 Å². The molecule has 11 heteroatoms. The van der Waals surface area contributed by atoms with E-state index in [9.17, 15) is 31.9 Å². The number of hydrogen-bond donors (Lipinski definition) is 3. The van der Waals surface area contributed by atoms with Crippen LogP contribution >= 0.6 is 0 Å². The van der Waals surface area contributed by atoms with E-state index in [4.69, 9.17) is 5.73 Å². The fourth-order valence-corrected chi connectivity index (χ4v) is 4.68. The van der Waals surface area contributed by atoms with E-state index in [1.807, 2.05) is 0 Å². The van der Waals surface area contributed by atoms with Gasteiger partial charge < -0.3 is 16.4 Å². The van der Waals surface area contributed by atoms with E-state index in [1.165, 1.54) is 36.4 Å². The van der Waals surface area contributed by atoms with Crippen LogP contribution in [0.5, 0.6) is 0 Å². The van der Waals surface area contributed by atoms with Crippen molar-refractivity contribution in [3.8, 4) is 0 Å². The van der Waals surface area contributed by atoms with Gasteiger partial charge in [-0.1, -0.05) is 48.5 Å². The van der Waals surface area contributed by atoms with Gasteiger partial charge in [0.2, 0.25) is 18.0 Å². The maximum absolute atomic E-state index is 13.6. The van der Waals surface area contributed by atoms with E-state index in [1.54, 1.807) is 43.3 Å².